The maximum Gasteiger partial charge on any atom is 0.344 e. The van der Waals surface area contributed by atoms with E-state index in [1.807, 2.05) is 85.9 Å². The lowest BCUT2D eigenvalue weighted by atomic mass is 10.0. The lowest BCUT2D eigenvalue weighted by Gasteiger charge is -2.09. The Morgan fingerprint density at radius 3 is 1.95 bits per heavy atom. The molecule has 44 heavy (non-hydrogen) atoms. The average Bonchev–Trinajstić information content (AvgIpc) is 3.33. The maximum atomic E-state index is 13.3. The monoisotopic (exact) mass is 579 g/mol. The van der Waals surface area contributed by atoms with E-state index in [2.05, 4.69) is 4.57 Å². The maximum absolute atomic E-state index is 13.3. The van der Waals surface area contributed by atoms with Crippen LogP contribution in [0.3, 0.4) is 0 Å². The van der Waals surface area contributed by atoms with Crippen molar-refractivity contribution in [3.8, 4) is 33.8 Å². The summed E-state index contributed by atoms with van der Waals surface area (Å²) in [6.45, 7) is 0. The van der Waals surface area contributed by atoms with Gasteiger partial charge in [-0.25, -0.2) is 9.59 Å². The van der Waals surface area contributed by atoms with Gasteiger partial charge in [0.25, 0.3) is 0 Å². The summed E-state index contributed by atoms with van der Waals surface area (Å²) < 4.78 is 24.5. The normalized spacial score (nSPS) is 11.7. The molecule has 3 heterocycles. The van der Waals surface area contributed by atoms with Gasteiger partial charge in [0, 0.05) is 51.8 Å². The SMILES string of the molecule is COc1cc(OC)c2cc(-c3ccc4c5ccc(-c6cc7ccc8ccccc8c7oc6=O)cc5n(C)c4c3)c(=O)oc2c1. The zero-order valence-corrected chi connectivity index (χ0v) is 24.1. The smallest absolute Gasteiger partial charge is 0.344 e. The van der Waals surface area contributed by atoms with E-state index in [0.29, 0.717) is 39.2 Å². The summed E-state index contributed by atoms with van der Waals surface area (Å²) in [5, 5.41) is 5.53. The van der Waals surface area contributed by atoms with Crippen molar-refractivity contribution < 1.29 is 18.3 Å². The molecule has 0 radical (unpaired) electrons. The van der Waals surface area contributed by atoms with E-state index in [1.165, 1.54) is 0 Å². The van der Waals surface area contributed by atoms with Gasteiger partial charge >= 0.3 is 11.3 Å². The predicted molar refractivity (Wildman–Crippen MR) is 174 cm³/mol. The molecular weight excluding hydrogens is 554 g/mol. The van der Waals surface area contributed by atoms with E-state index in [4.69, 9.17) is 18.3 Å². The highest BCUT2D eigenvalue weighted by Crippen LogP contribution is 2.36. The predicted octanol–water partition coefficient (Wildman–Crippen LogP) is 8.05. The molecule has 5 aromatic carbocycles. The van der Waals surface area contributed by atoms with Crippen LogP contribution in [0, 0.1) is 0 Å². The summed E-state index contributed by atoms with van der Waals surface area (Å²) in [5.41, 5.74) is 4.44. The van der Waals surface area contributed by atoms with Crippen molar-refractivity contribution in [1.29, 1.82) is 0 Å². The van der Waals surface area contributed by atoms with Gasteiger partial charge in [0.1, 0.15) is 22.7 Å². The number of rotatable bonds is 4. The molecule has 0 aliphatic carbocycles. The second-order valence-electron chi connectivity index (χ2n) is 10.9. The number of aromatic nitrogens is 1. The van der Waals surface area contributed by atoms with Crippen LogP contribution in [0.25, 0.3) is 76.8 Å². The topological polar surface area (TPSA) is 83.8 Å². The van der Waals surface area contributed by atoms with E-state index in [9.17, 15) is 9.59 Å². The molecule has 3 aromatic heterocycles. The molecule has 7 heteroatoms. The third-order valence-electron chi connectivity index (χ3n) is 8.50. The molecule has 0 atom stereocenters. The minimum absolute atomic E-state index is 0.384. The summed E-state index contributed by atoms with van der Waals surface area (Å²) >= 11 is 0. The second kappa shape index (κ2) is 9.61. The zero-order chi connectivity index (χ0) is 30.1. The quantitative estimate of drug-likeness (QED) is 0.155. The number of benzene rings is 5. The van der Waals surface area contributed by atoms with Crippen LogP contribution in [0.5, 0.6) is 11.5 Å². The van der Waals surface area contributed by atoms with Crippen LogP contribution < -0.4 is 20.7 Å². The molecule has 0 saturated carbocycles. The summed E-state index contributed by atoms with van der Waals surface area (Å²) in [6.07, 6.45) is 0. The number of methoxy groups -OCH3 is 2. The number of ether oxygens (including phenoxy) is 2. The van der Waals surface area contributed by atoms with E-state index in [0.717, 1.165) is 49.1 Å². The molecule has 0 aliphatic heterocycles. The van der Waals surface area contributed by atoms with E-state index >= 15 is 0 Å². The Bertz CT molecular complexity index is 2590. The van der Waals surface area contributed by atoms with Crippen LogP contribution in [0.4, 0.5) is 0 Å². The van der Waals surface area contributed by atoms with Crippen LogP contribution in [0.15, 0.2) is 115 Å². The van der Waals surface area contributed by atoms with Gasteiger partial charge in [-0.15, -0.1) is 0 Å². The van der Waals surface area contributed by atoms with Gasteiger partial charge in [-0.3, -0.25) is 0 Å². The Labute approximate surface area is 250 Å². The van der Waals surface area contributed by atoms with Gasteiger partial charge in [-0.1, -0.05) is 60.7 Å². The fraction of sp³-hybridized carbons (Fsp3) is 0.0811. The van der Waals surface area contributed by atoms with Crippen LogP contribution in [-0.2, 0) is 7.05 Å². The summed E-state index contributed by atoms with van der Waals surface area (Å²) in [6, 6.07) is 30.9. The minimum atomic E-state index is -0.455. The van der Waals surface area contributed by atoms with Crippen molar-refractivity contribution in [3.63, 3.8) is 0 Å². The fourth-order valence-corrected chi connectivity index (χ4v) is 6.24. The van der Waals surface area contributed by atoms with Crippen molar-refractivity contribution in [3.05, 3.63) is 118 Å². The number of fused-ring (bicyclic) bond motifs is 7. The van der Waals surface area contributed by atoms with E-state index in [-0.39, 0.29) is 5.63 Å². The Kier molecular flexibility index (Phi) is 5.64. The molecule has 0 amide bonds. The molecule has 214 valence electrons. The molecule has 8 aromatic rings. The lowest BCUT2D eigenvalue weighted by Crippen LogP contribution is -2.03. The Morgan fingerprint density at radius 2 is 1.25 bits per heavy atom. The molecule has 8 rings (SSSR count). The van der Waals surface area contributed by atoms with Gasteiger partial charge in [-0.2, -0.15) is 0 Å². The first-order valence-corrected chi connectivity index (χ1v) is 14.1. The first kappa shape index (κ1) is 25.9. The van der Waals surface area contributed by atoms with Crippen molar-refractivity contribution in [2.24, 2.45) is 7.05 Å². The lowest BCUT2D eigenvalue weighted by molar-refractivity contribution is 0.396. The number of nitrogens with zero attached hydrogens (tertiary/aromatic N) is 1. The summed E-state index contributed by atoms with van der Waals surface area (Å²) in [5.74, 6) is 1.09. The molecule has 7 nitrogen and oxygen atoms in total. The van der Waals surface area contributed by atoms with Crippen LogP contribution in [-0.4, -0.2) is 18.8 Å². The molecule has 0 unspecified atom stereocenters. The molecular formula is C37H25NO6. The number of hydrogen-bond acceptors (Lipinski definition) is 6. The van der Waals surface area contributed by atoms with Crippen molar-refractivity contribution in [2.45, 2.75) is 0 Å². The van der Waals surface area contributed by atoms with Crippen LogP contribution >= 0.6 is 0 Å². The largest absolute Gasteiger partial charge is 0.496 e. The van der Waals surface area contributed by atoms with Crippen LogP contribution in [0.1, 0.15) is 0 Å². The van der Waals surface area contributed by atoms with Gasteiger partial charge in [-0.05, 0) is 40.8 Å². The summed E-state index contributed by atoms with van der Waals surface area (Å²) in [4.78, 5) is 26.4. The number of hydrogen-bond donors (Lipinski definition) is 0. The highest BCUT2D eigenvalue weighted by molar-refractivity contribution is 6.10. The number of aryl methyl sites for hydroxylation is 1. The highest BCUT2D eigenvalue weighted by Gasteiger charge is 2.17. The molecule has 0 fully saturated rings. The fourth-order valence-electron chi connectivity index (χ4n) is 6.24. The Morgan fingerprint density at radius 1 is 0.591 bits per heavy atom. The van der Waals surface area contributed by atoms with Gasteiger partial charge in [0.05, 0.1) is 30.7 Å². The molecule has 0 aliphatic rings. The van der Waals surface area contributed by atoms with Crippen LogP contribution in [0.2, 0.25) is 0 Å². The van der Waals surface area contributed by atoms with E-state index < -0.39 is 5.63 Å². The standard InChI is InChI=1S/C37H25NO6/c1-38-31-15-21(28-14-23-9-8-20-6-4-5-7-25(20)35(23)44-37(28)40)10-12-26(31)27-13-11-22(16-32(27)38)29-19-30-33(42-3)17-24(41-2)18-34(30)43-36(29)39/h4-19H,1-3H3. The first-order valence-electron chi connectivity index (χ1n) is 14.1. The molecule has 0 bridgehead atoms. The summed E-state index contributed by atoms with van der Waals surface area (Å²) in [7, 11) is 5.09. The van der Waals surface area contributed by atoms with Crippen molar-refractivity contribution >= 4 is 54.5 Å². The Hall–Kier alpha value is -5.82. The molecule has 0 N–H and O–H groups in total. The second-order valence-corrected chi connectivity index (χ2v) is 10.9. The minimum Gasteiger partial charge on any atom is -0.496 e. The van der Waals surface area contributed by atoms with E-state index in [1.54, 1.807) is 32.4 Å². The highest BCUT2D eigenvalue weighted by atomic mass is 16.5. The Balaban J connectivity index is 1.27. The van der Waals surface area contributed by atoms with Gasteiger partial charge in [0.15, 0.2) is 0 Å². The average molecular weight is 580 g/mol. The molecule has 0 spiro atoms. The zero-order valence-electron chi connectivity index (χ0n) is 24.1. The van der Waals surface area contributed by atoms with Crippen molar-refractivity contribution in [1.82, 2.24) is 4.57 Å². The van der Waals surface area contributed by atoms with Crippen molar-refractivity contribution in [2.75, 3.05) is 14.2 Å². The molecule has 0 saturated heterocycles. The first-order chi connectivity index (χ1) is 21.4. The van der Waals surface area contributed by atoms with Gasteiger partial charge < -0.3 is 22.9 Å². The van der Waals surface area contributed by atoms with Gasteiger partial charge in [0.2, 0.25) is 0 Å². The third kappa shape index (κ3) is 3.83. The third-order valence-corrected chi connectivity index (χ3v) is 8.50.